The largest absolute Gasteiger partial charge is 0.354 e. The first-order valence-electron chi connectivity index (χ1n) is 9.85. The Balaban J connectivity index is 2.05. The van der Waals surface area contributed by atoms with Crippen molar-refractivity contribution < 1.29 is 9.59 Å². The molecule has 0 aliphatic heterocycles. The first kappa shape index (κ1) is 23.3. The molecule has 0 spiro atoms. The van der Waals surface area contributed by atoms with Crippen LogP contribution in [0.1, 0.15) is 37.0 Å². The maximum atomic E-state index is 13.0. The van der Waals surface area contributed by atoms with E-state index >= 15 is 0 Å². The molecule has 0 saturated heterocycles. The van der Waals surface area contributed by atoms with Gasteiger partial charge in [0.15, 0.2) is 0 Å². The average Bonchev–Trinajstić information content (AvgIpc) is 2.69. The second-order valence-corrected chi connectivity index (χ2v) is 8.52. The van der Waals surface area contributed by atoms with E-state index in [0.29, 0.717) is 23.9 Å². The monoisotopic (exact) mass is 432 g/mol. The van der Waals surface area contributed by atoms with Crippen molar-refractivity contribution in [1.82, 2.24) is 10.2 Å². The zero-order valence-corrected chi connectivity index (χ0v) is 18.9. The van der Waals surface area contributed by atoms with E-state index < -0.39 is 6.04 Å². The minimum Gasteiger partial charge on any atom is -0.354 e. The molecule has 0 aliphatic rings. The van der Waals surface area contributed by atoms with Crippen LogP contribution in [0, 0.1) is 6.92 Å². The summed E-state index contributed by atoms with van der Waals surface area (Å²) in [5.74, 6) is 0.891. The Morgan fingerprint density at radius 2 is 1.86 bits per heavy atom. The van der Waals surface area contributed by atoms with Crippen LogP contribution in [0.3, 0.4) is 0 Å². The van der Waals surface area contributed by atoms with Gasteiger partial charge in [-0.1, -0.05) is 60.5 Å². The molecular weight excluding hydrogens is 404 g/mol. The summed E-state index contributed by atoms with van der Waals surface area (Å²) in [6.45, 7) is 6.79. The Hall–Kier alpha value is -1.98. The molecule has 2 amide bonds. The molecule has 0 aromatic heterocycles. The highest BCUT2D eigenvalue weighted by molar-refractivity contribution is 7.99. The molecule has 0 unspecified atom stereocenters. The van der Waals surface area contributed by atoms with Gasteiger partial charge in [0.05, 0.1) is 5.75 Å². The molecule has 6 heteroatoms. The molecule has 4 nitrogen and oxygen atoms in total. The average molecular weight is 433 g/mol. The molecule has 29 heavy (non-hydrogen) atoms. The van der Waals surface area contributed by atoms with Crippen LogP contribution in [-0.2, 0) is 21.9 Å². The van der Waals surface area contributed by atoms with Gasteiger partial charge in [0.25, 0.3) is 0 Å². The van der Waals surface area contributed by atoms with Crippen molar-refractivity contribution in [2.75, 3.05) is 12.3 Å². The SMILES string of the molecule is CCCNC(=O)[C@H](C)N(Cc1cccc(Cl)c1)C(=O)CSCc1cccc(C)c1. The number of hydrogen-bond donors (Lipinski definition) is 1. The highest BCUT2D eigenvalue weighted by Crippen LogP contribution is 2.18. The lowest BCUT2D eigenvalue weighted by Gasteiger charge is -2.28. The highest BCUT2D eigenvalue weighted by atomic mass is 35.5. The Morgan fingerprint density at radius 3 is 2.55 bits per heavy atom. The van der Waals surface area contributed by atoms with Gasteiger partial charge in [-0.2, -0.15) is 0 Å². The lowest BCUT2D eigenvalue weighted by atomic mass is 10.1. The number of carbonyl (C=O) groups is 2. The summed E-state index contributed by atoms with van der Waals surface area (Å²) in [7, 11) is 0. The number of amides is 2. The van der Waals surface area contributed by atoms with Crippen molar-refractivity contribution in [1.29, 1.82) is 0 Å². The first-order chi connectivity index (χ1) is 13.9. The lowest BCUT2D eigenvalue weighted by Crippen LogP contribution is -2.48. The molecule has 2 aromatic rings. The fourth-order valence-electron chi connectivity index (χ4n) is 2.95. The molecule has 1 atom stereocenters. The highest BCUT2D eigenvalue weighted by Gasteiger charge is 2.25. The Labute approximate surface area is 183 Å². The van der Waals surface area contributed by atoms with Gasteiger partial charge in [0, 0.05) is 23.9 Å². The van der Waals surface area contributed by atoms with Crippen LogP contribution in [-0.4, -0.2) is 35.1 Å². The zero-order valence-electron chi connectivity index (χ0n) is 17.3. The lowest BCUT2D eigenvalue weighted by molar-refractivity contribution is -0.138. The van der Waals surface area contributed by atoms with Gasteiger partial charge < -0.3 is 10.2 Å². The minimum atomic E-state index is -0.549. The van der Waals surface area contributed by atoms with Crippen molar-refractivity contribution in [3.8, 4) is 0 Å². The molecule has 0 radical (unpaired) electrons. The number of nitrogens with zero attached hydrogens (tertiary/aromatic N) is 1. The third-order valence-corrected chi connectivity index (χ3v) is 5.76. The molecular formula is C23H29ClN2O2S. The zero-order chi connectivity index (χ0) is 21.2. The summed E-state index contributed by atoms with van der Waals surface area (Å²) in [6, 6.07) is 15.1. The number of thioether (sulfide) groups is 1. The second kappa shape index (κ2) is 11.9. The van der Waals surface area contributed by atoms with Crippen molar-refractivity contribution in [2.24, 2.45) is 0 Å². The van der Waals surface area contributed by atoms with Crippen LogP contribution in [0.5, 0.6) is 0 Å². The van der Waals surface area contributed by atoms with Gasteiger partial charge in [-0.25, -0.2) is 0 Å². The van der Waals surface area contributed by atoms with Crippen molar-refractivity contribution >= 4 is 35.2 Å². The van der Waals surface area contributed by atoms with Crippen LogP contribution >= 0.6 is 23.4 Å². The van der Waals surface area contributed by atoms with Gasteiger partial charge in [-0.3, -0.25) is 9.59 Å². The number of benzene rings is 2. The quantitative estimate of drug-likeness (QED) is 0.585. The maximum Gasteiger partial charge on any atom is 0.242 e. The van der Waals surface area contributed by atoms with Crippen molar-refractivity contribution in [3.05, 3.63) is 70.2 Å². The van der Waals surface area contributed by atoms with E-state index in [2.05, 4.69) is 30.4 Å². The summed E-state index contributed by atoms with van der Waals surface area (Å²) < 4.78 is 0. The Morgan fingerprint density at radius 1 is 1.14 bits per heavy atom. The van der Waals surface area contributed by atoms with Crippen LogP contribution < -0.4 is 5.32 Å². The Bertz CT molecular complexity index is 828. The van der Waals surface area contributed by atoms with E-state index in [4.69, 9.17) is 11.6 Å². The van der Waals surface area contributed by atoms with Crippen molar-refractivity contribution in [3.63, 3.8) is 0 Å². The number of nitrogens with one attached hydrogen (secondary N) is 1. The minimum absolute atomic E-state index is 0.0539. The molecule has 156 valence electrons. The van der Waals surface area contributed by atoms with Crippen LogP contribution in [0.2, 0.25) is 5.02 Å². The smallest absolute Gasteiger partial charge is 0.242 e. The molecule has 0 aliphatic carbocycles. The van der Waals surface area contributed by atoms with E-state index in [0.717, 1.165) is 17.7 Å². The number of halogens is 1. The first-order valence-corrected chi connectivity index (χ1v) is 11.4. The number of carbonyl (C=O) groups excluding carboxylic acids is 2. The van der Waals surface area contributed by atoms with E-state index in [9.17, 15) is 9.59 Å². The fourth-order valence-corrected chi connectivity index (χ4v) is 4.02. The third-order valence-electron chi connectivity index (χ3n) is 4.54. The molecule has 0 saturated carbocycles. The molecule has 2 rings (SSSR count). The van der Waals surface area contributed by atoms with Gasteiger partial charge in [-0.05, 0) is 43.5 Å². The summed E-state index contributed by atoms with van der Waals surface area (Å²) in [6.07, 6.45) is 0.854. The Kier molecular flexibility index (Phi) is 9.55. The topological polar surface area (TPSA) is 49.4 Å². The van der Waals surface area contributed by atoms with E-state index in [1.807, 2.05) is 31.2 Å². The summed E-state index contributed by atoms with van der Waals surface area (Å²) >= 11 is 7.66. The molecule has 0 fully saturated rings. The van der Waals surface area contributed by atoms with Crippen LogP contribution in [0.25, 0.3) is 0 Å². The number of hydrogen-bond acceptors (Lipinski definition) is 3. The third kappa shape index (κ3) is 7.75. The van der Waals surface area contributed by atoms with E-state index in [1.54, 1.807) is 29.7 Å². The summed E-state index contributed by atoms with van der Waals surface area (Å²) in [5, 5.41) is 3.50. The predicted octanol–water partition coefficient (Wildman–Crippen LogP) is 4.83. The second-order valence-electron chi connectivity index (χ2n) is 7.10. The molecule has 2 aromatic carbocycles. The maximum absolute atomic E-state index is 13.0. The van der Waals surface area contributed by atoms with Crippen LogP contribution in [0.15, 0.2) is 48.5 Å². The molecule has 0 heterocycles. The van der Waals surface area contributed by atoms with Gasteiger partial charge in [0.2, 0.25) is 11.8 Å². The summed E-state index contributed by atoms with van der Waals surface area (Å²) in [5.41, 5.74) is 3.31. The fraction of sp³-hybridized carbons (Fsp3) is 0.391. The van der Waals surface area contributed by atoms with Crippen molar-refractivity contribution in [2.45, 2.75) is 45.5 Å². The van der Waals surface area contributed by atoms with E-state index in [-0.39, 0.29) is 11.8 Å². The van der Waals surface area contributed by atoms with Gasteiger partial charge in [0.1, 0.15) is 6.04 Å². The standard InChI is InChI=1S/C23H29ClN2O2S/c1-4-11-25-23(28)18(3)26(14-19-8-6-10-21(24)13-19)22(27)16-29-15-20-9-5-7-17(2)12-20/h5-10,12-13,18H,4,11,14-16H2,1-3H3,(H,25,28)/t18-/m0/s1. The van der Waals surface area contributed by atoms with E-state index in [1.165, 1.54) is 11.1 Å². The van der Waals surface area contributed by atoms with Gasteiger partial charge >= 0.3 is 0 Å². The predicted molar refractivity (Wildman–Crippen MR) is 122 cm³/mol. The van der Waals surface area contributed by atoms with Gasteiger partial charge in [-0.15, -0.1) is 11.8 Å². The molecule has 1 N–H and O–H groups in total. The number of aryl methyl sites for hydroxylation is 1. The molecule has 0 bridgehead atoms. The number of rotatable bonds is 10. The normalized spacial score (nSPS) is 11.7. The summed E-state index contributed by atoms with van der Waals surface area (Å²) in [4.78, 5) is 27.1. The van der Waals surface area contributed by atoms with Crippen LogP contribution in [0.4, 0.5) is 0 Å².